The van der Waals surface area contributed by atoms with Crippen LogP contribution in [-0.4, -0.2) is 56.1 Å². The molecule has 0 spiro atoms. The minimum atomic E-state index is -3.89. The Labute approximate surface area is 107 Å². The van der Waals surface area contributed by atoms with E-state index in [2.05, 4.69) is 0 Å². The summed E-state index contributed by atoms with van der Waals surface area (Å²) in [5.74, 6) is -1.51. The zero-order chi connectivity index (χ0) is 14.1. The lowest BCUT2D eigenvalue weighted by molar-refractivity contribution is -0.143. The third kappa shape index (κ3) is 3.92. The number of sulfone groups is 1. The molecule has 1 rings (SSSR count). The number of aliphatic carboxylic acids is 1. The maximum Gasteiger partial charge on any atom is 0.306 e. The number of carbonyl (C=O) groups is 1. The van der Waals surface area contributed by atoms with E-state index >= 15 is 0 Å². The lowest BCUT2D eigenvalue weighted by Gasteiger charge is -2.34. The molecular weight excluding hydrogens is 282 g/mol. The van der Waals surface area contributed by atoms with Crippen molar-refractivity contribution in [1.29, 1.82) is 0 Å². The van der Waals surface area contributed by atoms with Gasteiger partial charge in [0.15, 0.2) is 14.9 Å². The predicted octanol–water partition coefficient (Wildman–Crippen LogP) is -0.497. The van der Waals surface area contributed by atoms with Crippen molar-refractivity contribution in [3.8, 4) is 0 Å². The van der Waals surface area contributed by atoms with Gasteiger partial charge in [-0.3, -0.25) is 4.79 Å². The van der Waals surface area contributed by atoms with Crippen molar-refractivity contribution in [2.24, 2.45) is 5.92 Å². The molecule has 2 atom stereocenters. The van der Waals surface area contributed by atoms with Crippen LogP contribution in [0.2, 0.25) is 0 Å². The number of carboxylic acid groups (broad SMARTS) is 1. The highest BCUT2D eigenvalue weighted by atomic mass is 32.3. The van der Waals surface area contributed by atoms with Gasteiger partial charge in [-0.05, 0) is 19.8 Å². The van der Waals surface area contributed by atoms with Crippen molar-refractivity contribution in [3.05, 3.63) is 0 Å². The number of carboxylic acids is 1. The Bertz CT molecular complexity index is 523. The predicted molar refractivity (Wildman–Crippen MR) is 65.2 cm³/mol. The minimum Gasteiger partial charge on any atom is -0.481 e. The van der Waals surface area contributed by atoms with Crippen LogP contribution in [0.25, 0.3) is 0 Å². The number of hydrogen-bond acceptors (Lipinski definition) is 5. The highest BCUT2D eigenvalue weighted by Crippen LogP contribution is 2.25. The molecule has 0 radical (unpaired) electrons. The van der Waals surface area contributed by atoms with Gasteiger partial charge in [0.2, 0.25) is 10.0 Å². The Morgan fingerprint density at radius 1 is 1.33 bits per heavy atom. The summed E-state index contributed by atoms with van der Waals surface area (Å²) >= 11 is 0. The third-order valence-electron chi connectivity index (χ3n) is 2.88. The second-order valence-corrected chi connectivity index (χ2v) is 9.10. The summed E-state index contributed by atoms with van der Waals surface area (Å²) in [5.41, 5.74) is 0. The topological polar surface area (TPSA) is 109 Å². The average Bonchev–Trinajstić information content (AvgIpc) is 2.12. The molecule has 1 aliphatic rings. The van der Waals surface area contributed by atoms with Crippen LogP contribution in [0.1, 0.15) is 19.8 Å². The van der Waals surface area contributed by atoms with Crippen LogP contribution < -0.4 is 0 Å². The molecular formula is C9H17NO6S2. The smallest absolute Gasteiger partial charge is 0.306 e. The molecule has 0 amide bonds. The van der Waals surface area contributed by atoms with Gasteiger partial charge in [0.05, 0.1) is 5.92 Å². The van der Waals surface area contributed by atoms with E-state index in [0.717, 1.165) is 10.6 Å². The Kier molecular flexibility index (Phi) is 4.39. The van der Waals surface area contributed by atoms with Gasteiger partial charge in [-0.25, -0.2) is 16.8 Å². The standard InChI is InChI=1S/C9H17NO6S2/c1-7-5-8(9(11)12)3-4-10(7)18(15,16)6-17(2,13)14/h7-8H,3-6H2,1-2H3,(H,11,12). The Morgan fingerprint density at radius 3 is 2.28 bits per heavy atom. The SMILES string of the molecule is CC1CC(C(=O)O)CCN1S(=O)(=O)CS(C)(=O)=O. The van der Waals surface area contributed by atoms with Gasteiger partial charge in [-0.15, -0.1) is 0 Å². The van der Waals surface area contributed by atoms with E-state index in [4.69, 9.17) is 5.11 Å². The molecule has 0 saturated carbocycles. The van der Waals surface area contributed by atoms with Crippen molar-refractivity contribution >= 4 is 25.8 Å². The van der Waals surface area contributed by atoms with Gasteiger partial charge in [0.1, 0.15) is 0 Å². The summed E-state index contributed by atoms with van der Waals surface area (Å²) in [4.78, 5) is 10.8. The first kappa shape index (κ1) is 15.4. The lowest BCUT2D eigenvalue weighted by atomic mass is 9.93. The Balaban J connectivity index is 2.84. The van der Waals surface area contributed by atoms with Gasteiger partial charge < -0.3 is 5.11 Å². The molecule has 0 aromatic carbocycles. The molecule has 106 valence electrons. The highest BCUT2D eigenvalue weighted by Gasteiger charge is 2.37. The minimum absolute atomic E-state index is 0.0516. The monoisotopic (exact) mass is 299 g/mol. The third-order valence-corrected chi connectivity index (χ3v) is 7.05. The average molecular weight is 299 g/mol. The molecule has 9 heteroatoms. The maximum atomic E-state index is 11.9. The summed E-state index contributed by atoms with van der Waals surface area (Å²) in [6, 6.07) is -0.494. The van der Waals surface area contributed by atoms with E-state index in [1.807, 2.05) is 0 Å². The highest BCUT2D eigenvalue weighted by molar-refractivity contribution is 8.06. The molecule has 0 aromatic rings. The Morgan fingerprint density at radius 2 is 1.89 bits per heavy atom. The molecule has 0 aromatic heterocycles. The van der Waals surface area contributed by atoms with E-state index in [0.29, 0.717) is 0 Å². The van der Waals surface area contributed by atoms with Crippen LogP contribution in [0.5, 0.6) is 0 Å². The summed E-state index contributed by atoms with van der Waals surface area (Å²) in [6.45, 7) is 1.64. The number of piperidine rings is 1. The number of hydrogen-bond donors (Lipinski definition) is 1. The molecule has 0 bridgehead atoms. The number of rotatable bonds is 4. The van der Waals surface area contributed by atoms with Crippen LogP contribution in [-0.2, 0) is 24.7 Å². The molecule has 1 aliphatic heterocycles. The molecule has 0 aliphatic carbocycles. The molecule has 7 nitrogen and oxygen atoms in total. The van der Waals surface area contributed by atoms with Gasteiger partial charge in [-0.2, -0.15) is 4.31 Å². The molecule has 1 saturated heterocycles. The molecule has 1 N–H and O–H groups in total. The lowest BCUT2D eigenvalue weighted by Crippen LogP contribution is -2.47. The summed E-state index contributed by atoms with van der Waals surface area (Å²) in [5, 5.41) is 7.94. The molecule has 1 fully saturated rings. The maximum absolute atomic E-state index is 11.9. The normalized spacial score (nSPS) is 27.0. The second-order valence-electron chi connectivity index (χ2n) is 4.67. The summed E-state index contributed by atoms with van der Waals surface area (Å²) < 4.78 is 47.0. The number of nitrogens with zero attached hydrogens (tertiary/aromatic N) is 1. The second kappa shape index (κ2) is 5.14. The van der Waals surface area contributed by atoms with Crippen molar-refractivity contribution in [2.75, 3.05) is 17.9 Å². The van der Waals surface area contributed by atoms with Gasteiger partial charge in [0, 0.05) is 18.8 Å². The molecule has 18 heavy (non-hydrogen) atoms. The van der Waals surface area contributed by atoms with E-state index in [1.165, 1.54) is 0 Å². The zero-order valence-electron chi connectivity index (χ0n) is 10.2. The molecule has 1 heterocycles. The molecule has 2 unspecified atom stereocenters. The summed E-state index contributed by atoms with van der Waals surface area (Å²) in [7, 11) is -7.52. The zero-order valence-corrected chi connectivity index (χ0v) is 11.9. The van der Waals surface area contributed by atoms with Gasteiger partial charge >= 0.3 is 5.97 Å². The fraction of sp³-hybridized carbons (Fsp3) is 0.889. The Hall–Kier alpha value is -0.670. The fourth-order valence-corrected chi connectivity index (χ4v) is 5.85. The van der Waals surface area contributed by atoms with Crippen LogP contribution in [0.4, 0.5) is 0 Å². The van der Waals surface area contributed by atoms with E-state index in [1.54, 1.807) is 6.92 Å². The van der Waals surface area contributed by atoms with Gasteiger partial charge in [-0.1, -0.05) is 0 Å². The van der Waals surface area contributed by atoms with Crippen molar-refractivity contribution in [1.82, 2.24) is 4.31 Å². The number of sulfonamides is 1. The van der Waals surface area contributed by atoms with Crippen LogP contribution in [0, 0.1) is 5.92 Å². The van der Waals surface area contributed by atoms with E-state index in [-0.39, 0.29) is 19.4 Å². The van der Waals surface area contributed by atoms with Crippen LogP contribution in [0.3, 0.4) is 0 Å². The quantitative estimate of drug-likeness (QED) is 0.750. The largest absolute Gasteiger partial charge is 0.481 e. The first-order chi connectivity index (χ1) is 8.03. The van der Waals surface area contributed by atoms with Crippen LogP contribution >= 0.6 is 0 Å². The van der Waals surface area contributed by atoms with E-state index < -0.39 is 42.9 Å². The van der Waals surface area contributed by atoms with Crippen molar-refractivity contribution < 1.29 is 26.7 Å². The van der Waals surface area contributed by atoms with Gasteiger partial charge in [0.25, 0.3) is 0 Å². The van der Waals surface area contributed by atoms with Crippen LogP contribution in [0.15, 0.2) is 0 Å². The fourth-order valence-electron chi connectivity index (χ4n) is 2.13. The van der Waals surface area contributed by atoms with Crippen molar-refractivity contribution in [3.63, 3.8) is 0 Å². The first-order valence-electron chi connectivity index (χ1n) is 5.43. The van der Waals surface area contributed by atoms with Crippen molar-refractivity contribution in [2.45, 2.75) is 25.8 Å². The summed E-state index contributed by atoms with van der Waals surface area (Å²) in [6.07, 6.45) is 1.28. The first-order valence-corrected chi connectivity index (χ1v) is 9.10. The van der Waals surface area contributed by atoms with E-state index in [9.17, 15) is 21.6 Å².